The fourth-order valence-electron chi connectivity index (χ4n) is 11.3. The Hall–Kier alpha value is -11.1. The Bertz CT molecular complexity index is 3530. The molecule has 1 rings (SSSR count). The summed E-state index contributed by atoms with van der Waals surface area (Å²) in [7, 11) is 0. The molecule has 0 aliphatic carbocycles. The van der Waals surface area contributed by atoms with Crippen molar-refractivity contribution in [3.05, 3.63) is 35.9 Å². The maximum absolute atomic E-state index is 14.2. The third-order valence-corrected chi connectivity index (χ3v) is 18.2. The molecule has 1 aromatic carbocycles. The van der Waals surface area contributed by atoms with Gasteiger partial charge in [0.2, 0.25) is 82.7 Å². The van der Waals surface area contributed by atoms with Crippen LogP contribution in [-0.4, -0.2) is 263 Å². The van der Waals surface area contributed by atoms with Crippen LogP contribution in [0.3, 0.4) is 0 Å². The molecule has 17 unspecified atom stereocenters. The minimum Gasteiger partial charge on any atom is -0.481 e. The van der Waals surface area contributed by atoms with Crippen molar-refractivity contribution in [3.63, 3.8) is 0 Å². The van der Waals surface area contributed by atoms with E-state index in [0.29, 0.717) is 24.9 Å². The minimum absolute atomic E-state index is 0.0752. The zero-order chi connectivity index (χ0) is 88.5. The fraction of sp³-hybridized carbons (Fsp3) is 0.658. The lowest BCUT2D eigenvalue weighted by molar-refractivity contribution is -0.143. The average molecular weight is 1650 g/mol. The monoisotopic (exact) mass is 1650 g/mol. The molecule has 43 nitrogen and oxygen atoms in total. The van der Waals surface area contributed by atoms with Crippen LogP contribution in [0.1, 0.15) is 171 Å². The number of aliphatic hydroxyl groups is 3. The van der Waals surface area contributed by atoms with Crippen LogP contribution < -0.4 is 86.3 Å². The zero-order valence-corrected chi connectivity index (χ0v) is 66.7. The van der Waals surface area contributed by atoms with E-state index >= 15 is 0 Å². The molecule has 652 valence electrons. The van der Waals surface area contributed by atoms with Crippen LogP contribution in [0, 0.1) is 23.7 Å². The van der Waals surface area contributed by atoms with Gasteiger partial charge in [-0.15, -0.1) is 0 Å². The first-order chi connectivity index (χ1) is 54.2. The number of unbranched alkanes of at least 4 members (excludes halogenated alkanes) is 1. The molecule has 0 saturated carbocycles. The summed E-state index contributed by atoms with van der Waals surface area (Å²) in [5.74, 6) is -26.0. The summed E-state index contributed by atoms with van der Waals surface area (Å²) >= 11 is 0. The highest BCUT2D eigenvalue weighted by atomic mass is 16.4. The van der Waals surface area contributed by atoms with Crippen LogP contribution >= 0.6 is 0 Å². The quantitative estimate of drug-likeness (QED) is 0.0270. The molecule has 0 heterocycles. The van der Waals surface area contributed by atoms with Gasteiger partial charge in [0.15, 0.2) is 0 Å². The number of nitrogens with two attached hydrogens (primary N) is 3. The van der Waals surface area contributed by atoms with Crippen molar-refractivity contribution in [3.8, 4) is 0 Å². The number of carboxylic acid groups (broad SMARTS) is 5. The van der Waals surface area contributed by atoms with Crippen LogP contribution in [0.15, 0.2) is 30.3 Å². The smallest absolute Gasteiger partial charge is 0.326 e. The lowest BCUT2D eigenvalue weighted by Gasteiger charge is -2.30. The Labute approximate surface area is 669 Å². The number of hydrogen-bond acceptors (Lipinski definition) is 24. The molecule has 17 atom stereocenters. The van der Waals surface area contributed by atoms with E-state index in [4.69, 9.17) is 17.2 Å². The van der Waals surface area contributed by atoms with Gasteiger partial charge in [0.1, 0.15) is 72.5 Å². The van der Waals surface area contributed by atoms with Crippen molar-refractivity contribution in [2.45, 2.75) is 269 Å². The second-order valence-corrected chi connectivity index (χ2v) is 29.3. The molecule has 0 fully saturated rings. The molecular weight excluding hydrogens is 1530 g/mol. The topological polar surface area (TPSA) is 721 Å². The normalized spacial score (nSPS) is 15.6. The van der Waals surface area contributed by atoms with Gasteiger partial charge < -0.3 is 127 Å². The Kier molecular flexibility index (Phi) is 46.5. The molecule has 1 aromatic rings. The Morgan fingerprint density at radius 3 is 1.21 bits per heavy atom. The first kappa shape index (κ1) is 103. The van der Waals surface area contributed by atoms with Gasteiger partial charge >= 0.3 is 29.8 Å². The van der Waals surface area contributed by atoms with E-state index in [1.807, 2.05) is 0 Å². The SMILES string of the molecule is CCC(C)C(NC(=O)C(CCC(=O)O)NC(=O)C(CCC(=O)O)NC(=O)C(NC(=O)C(N)CCCCN)C(C)O)C(=O)NC(CO)C(=O)NC(CCC(=O)O)C(=O)NC(C(=O)NC(CC(N)=O)C(=O)NC(CC(C)C)C(O)CC(=O)NC(C(=O)NC(C)C(=O)NC(CCC(=O)O)C(=O)NC(Cc1ccccc1)C(=O)O)C(C)C)C(C)C. The average Bonchev–Trinajstić information content (AvgIpc) is 0.853. The molecule has 27 N–H and O–H groups in total. The van der Waals surface area contributed by atoms with Crippen molar-refractivity contribution >= 4 is 113 Å². The van der Waals surface area contributed by atoms with Crippen LogP contribution in [0.5, 0.6) is 0 Å². The van der Waals surface area contributed by atoms with E-state index in [1.54, 1.807) is 51.1 Å². The zero-order valence-electron chi connectivity index (χ0n) is 66.7. The maximum atomic E-state index is 14.2. The minimum atomic E-state index is -2.03. The number of aliphatic carboxylic acids is 5. The second-order valence-electron chi connectivity index (χ2n) is 29.3. The summed E-state index contributed by atoms with van der Waals surface area (Å²) in [5.41, 5.74) is 17.5. The number of nitrogens with one attached hydrogen (secondary N) is 13. The number of benzene rings is 1. The van der Waals surface area contributed by atoms with Gasteiger partial charge in [-0.25, -0.2) is 4.79 Å². The number of primary amides is 1. The standard InChI is InChI=1S/C73H118N16O27/c1-11-37(8)59(88-66(108)45(23-27-56(101)102)79-63(105)43(21-25-54(97)98)81-72(114)60(39(10)91)89-62(104)41(75)19-15-16-28-74)71(113)85-49(33-90)68(110)80-44(22-26-55(99)100)65(107)87-58(36(6)7)70(112)83-47(31-51(76)93)67(109)82-46(29-34(2)3)50(92)32-52(94)86-57(35(4)5)69(111)77-38(9)61(103)78-42(20-24-53(95)96)64(106)84-48(73(115)116)30-40-17-13-12-14-18-40/h12-14,17-18,34-39,41-50,57-60,90-92H,11,15-16,19-33,74-75H2,1-10H3,(H2,76,93)(H,77,111)(H,78,103)(H,79,105)(H,80,110)(H,81,114)(H,82,109)(H,83,112)(H,84,106)(H,85,113)(H,86,94)(H,87,107)(H,88,108)(H,89,104)(H,95,96)(H,97,98)(H,99,100)(H,101,102)(H,115,116). The molecule has 43 heteroatoms. The number of rotatable bonds is 57. The first-order valence-electron chi connectivity index (χ1n) is 38.0. The summed E-state index contributed by atoms with van der Waals surface area (Å²) in [6, 6.07) is -15.0. The molecule has 116 heavy (non-hydrogen) atoms. The maximum Gasteiger partial charge on any atom is 0.326 e. The van der Waals surface area contributed by atoms with Gasteiger partial charge in [0.25, 0.3) is 0 Å². The van der Waals surface area contributed by atoms with E-state index in [1.165, 1.54) is 41.5 Å². The van der Waals surface area contributed by atoms with E-state index in [-0.39, 0.29) is 31.6 Å². The van der Waals surface area contributed by atoms with E-state index in [9.17, 15) is 132 Å². The summed E-state index contributed by atoms with van der Waals surface area (Å²) in [5, 5.41) is 111. The molecule has 0 spiro atoms. The molecule has 14 amide bonds. The fourth-order valence-corrected chi connectivity index (χ4v) is 11.3. The summed E-state index contributed by atoms with van der Waals surface area (Å²) in [6.45, 7) is 13.5. The van der Waals surface area contributed by atoms with Gasteiger partial charge in [0, 0.05) is 32.1 Å². The number of amides is 14. The predicted molar refractivity (Wildman–Crippen MR) is 409 cm³/mol. The van der Waals surface area contributed by atoms with Crippen LogP contribution in [0.2, 0.25) is 0 Å². The van der Waals surface area contributed by atoms with E-state index in [2.05, 4.69) is 69.1 Å². The lowest BCUT2D eigenvalue weighted by Crippen LogP contribution is -2.62. The van der Waals surface area contributed by atoms with Crippen molar-refractivity contribution in [2.24, 2.45) is 40.9 Å². The van der Waals surface area contributed by atoms with Crippen molar-refractivity contribution in [2.75, 3.05) is 13.2 Å². The van der Waals surface area contributed by atoms with Gasteiger partial charge in [-0.1, -0.05) is 98.6 Å². The van der Waals surface area contributed by atoms with Crippen LogP contribution in [0.25, 0.3) is 0 Å². The molecule has 0 aliphatic heterocycles. The van der Waals surface area contributed by atoms with Gasteiger partial charge in [0.05, 0.1) is 43.7 Å². The van der Waals surface area contributed by atoms with Gasteiger partial charge in [-0.2, -0.15) is 0 Å². The lowest BCUT2D eigenvalue weighted by atomic mass is 9.95. The molecule has 0 saturated heterocycles. The predicted octanol–water partition coefficient (Wildman–Crippen LogP) is -6.04. The van der Waals surface area contributed by atoms with Crippen LogP contribution in [0.4, 0.5) is 0 Å². The third-order valence-electron chi connectivity index (χ3n) is 18.2. The number of carboxylic acids is 5. The molecule has 0 aromatic heterocycles. The van der Waals surface area contributed by atoms with Gasteiger partial charge in [-0.3, -0.25) is 86.3 Å². The number of hydrogen-bond donors (Lipinski definition) is 24. The number of carbonyl (C=O) groups is 19. The summed E-state index contributed by atoms with van der Waals surface area (Å²) < 4.78 is 0. The highest BCUT2D eigenvalue weighted by molar-refractivity contribution is 6.00. The molecule has 0 bridgehead atoms. The third kappa shape index (κ3) is 38.9. The van der Waals surface area contributed by atoms with E-state index < -0.39 is 298 Å². The highest BCUT2D eigenvalue weighted by Crippen LogP contribution is 2.17. The Morgan fingerprint density at radius 2 is 0.784 bits per heavy atom. The van der Waals surface area contributed by atoms with Crippen molar-refractivity contribution in [1.29, 1.82) is 0 Å². The number of aliphatic hydroxyl groups excluding tert-OH is 3. The molecular formula is C73H118N16O27. The first-order valence-corrected chi connectivity index (χ1v) is 38.0. The molecule has 0 aliphatic rings. The Balaban J connectivity index is 3.47. The Morgan fingerprint density at radius 1 is 0.405 bits per heavy atom. The highest BCUT2D eigenvalue weighted by Gasteiger charge is 2.40. The van der Waals surface area contributed by atoms with Crippen LogP contribution in [-0.2, 0) is 97.5 Å². The summed E-state index contributed by atoms with van der Waals surface area (Å²) in [4.78, 5) is 251. The largest absolute Gasteiger partial charge is 0.481 e. The van der Waals surface area contributed by atoms with Crippen molar-refractivity contribution in [1.82, 2.24) is 69.1 Å². The number of carbonyl (C=O) groups excluding carboxylic acids is 14. The molecule has 0 radical (unpaired) electrons. The summed E-state index contributed by atoms with van der Waals surface area (Å²) in [6.07, 6.45) is -9.90. The van der Waals surface area contributed by atoms with Gasteiger partial charge in [-0.05, 0) is 94.6 Å². The van der Waals surface area contributed by atoms with Crippen molar-refractivity contribution < 1.29 is 132 Å². The second kappa shape index (κ2) is 52.4. The van der Waals surface area contributed by atoms with E-state index in [0.717, 1.165) is 6.92 Å².